The third-order valence-electron chi connectivity index (χ3n) is 3.60. The van der Waals surface area contributed by atoms with Gasteiger partial charge in [0.2, 0.25) is 5.91 Å². The highest BCUT2D eigenvalue weighted by atomic mass is 16.7. The van der Waals surface area contributed by atoms with E-state index in [9.17, 15) is 4.79 Å². The molecule has 5 heteroatoms. The van der Waals surface area contributed by atoms with Crippen molar-refractivity contribution in [2.75, 3.05) is 20.2 Å². The van der Waals surface area contributed by atoms with Crippen molar-refractivity contribution in [2.45, 2.75) is 58.3 Å². The maximum absolute atomic E-state index is 11.7. The number of hydrogen-bond acceptors (Lipinski definition) is 3. The fourth-order valence-corrected chi connectivity index (χ4v) is 2.04. The Morgan fingerprint density at radius 3 is 2.63 bits per heavy atom. The van der Waals surface area contributed by atoms with Crippen LogP contribution in [0, 0.1) is 5.41 Å². The van der Waals surface area contributed by atoms with Gasteiger partial charge in [0.15, 0.2) is 0 Å². The van der Waals surface area contributed by atoms with Gasteiger partial charge in [0.1, 0.15) is 0 Å². The molecule has 1 saturated carbocycles. The van der Waals surface area contributed by atoms with Gasteiger partial charge in [-0.3, -0.25) is 9.63 Å². The first-order valence-corrected chi connectivity index (χ1v) is 7.26. The predicted octanol–water partition coefficient (Wildman–Crippen LogP) is 1.91. The van der Waals surface area contributed by atoms with E-state index >= 15 is 0 Å². The molecule has 2 radical (unpaired) electrons. The number of nitrogens with one attached hydrogen (secondary N) is 1. The van der Waals surface area contributed by atoms with E-state index in [4.69, 9.17) is 12.7 Å². The molecule has 1 N–H and O–H groups in total. The zero-order valence-corrected chi connectivity index (χ0v) is 12.6. The largest absolute Gasteiger partial charge is 0.353 e. The zero-order chi connectivity index (χ0) is 14.3. The summed E-state index contributed by atoms with van der Waals surface area (Å²) in [7, 11) is 7.50. The van der Waals surface area contributed by atoms with Crippen molar-refractivity contribution in [3.63, 3.8) is 0 Å². The number of nitrogens with zero attached hydrogens (tertiary/aromatic N) is 1. The first-order valence-electron chi connectivity index (χ1n) is 7.26. The van der Waals surface area contributed by atoms with Crippen LogP contribution in [0.25, 0.3) is 0 Å². The summed E-state index contributed by atoms with van der Waals surface area (Å²) < 4.78 is 0. The van der Waals surface area contributed by atoms with Crippen LogP contribution in [-0.2, 0) is 9.63 Å². The molecule has 0 saturated heterocycles. The van der Waals surface area contributed by atoms with E-state index in [1.54, 1.807) is 5.06 Å². The Kier molecular flexibility index (Phi) is 6.87. The Bertz CT molecular complexity index is 279. The third-order valence-corrected chi connectivity index (χ3v) is 3.60. The second-order valence-corrected chi connectivity index (χ2v) is 6.29. The van der Waals surface area contributed by atoms with Crippen LogP contribution in [0.3, 0.4) is 0 Å². The van der Waals surface area contributed by atoms with Gasteiger partial charge in [-0.2, -0.15) is 5.06 Å². The Labute approximate surface area is 118 Å². The molecular formula is C14H27BN2O2. The summed E-state index contributed by atoms with van der Waals surface area (Å²) >= 11 is 0. The second kappa shape index (κ2) is 7.90. The molecule has 1 aliphatic rings. The number of rotatable bonds is 8. The first kappa shape index (κ1) is 16.5. The van der Waals surface area contributed by atoms with Crippen LogP contribution in [0.1, 0.15) is 46.0 Å². The molecule has 4 nitrogen and oxygen atoms in total. The molecule has 1 rings (SSSR count). The Morgan fingerprint density at radius 1 is 1.42 bits per heavy atom. The molecule has 0 unspecified atom stereocenters. The lowest BCUT2D eigenvalue weighted by molar-refractivity contribution is -0.163. The van der Waals surface area contributed by atoms with Crippen molar-refractivity contribution in [1.82, 2.24) is 10.4 Å². The molecule has 0 aliphatic heterocycles. The molecule has 108 valence electrons. The van der Waals surface area contributed by atoms with Gasteiger partial charge in [-0.25, -0.2) is 0 Å². The van der Waals surface area contributed by atoms with Crippen LogP contribution in [0.15, 0.2) is 0 Å². The quantitative estimate of drug-likeness (QED) is 0.539. The highest BCUT2D eigenvalue weighted by molar-refractivity contribution is 6.08. The van der Waals surface area contributed by atoms with E-state index in [-0.39, 0.29) is 11.3 Å². The molecule has 0 spiro atoms. The van der Waals surface area contributed by atoms with Gasteiger partial charge < -0.3 is 5.32 Å². The number of hydroxylamine groups is 2. The van der Waals surface area contributed by atoms with Gasteiger partial charge >= 0.3 is 0 Å². The maximum atomic E-state index is 11.7. The van der Waals surface area contributed by atoms with Crippen molar-refractivity contribution in [1.29, 1.82) is 0 Å². The Hall–Kier alpha value is -0.545. The average Bonchev–Trinajstić information content (AvgIpc) is 2.87. The number of hydrogen-bond donors (Lipinski definition) is 1. The van der Waals surface area contributed by atoms with Crippen LogP contribution in [0.2, 0.25) is 6.32 Å². The highest BCUT2D eigenvalue weighted by Crippen LogP contribution is 2.19. The van der Waals surface area contributed by atoms with E-state index in [1.807, 2.05) is 7.05 Å². The second-order valence-electron chi connectivity index (χ2n) is 6.29. The average molecular weight is 266 g/mol. The van der Waals surface area contributed by atoms with E-state index < -0.39 is 0 Å². The minimum atomic E-state index is -0.0274. The molecular weight excluding hydrogens is 239 g/mol. The molecule has 0 bridgehead atoms. The van der Waals surface area contributed by atoms with Gasteiger partial charge in [-0.05, 0) is 18.3 Å². The minimum absolute atomic E-state index is 0.0274. The van der Waals surface area contributed by atoms with Crippen molar-refractivity contribution >= 4 is 13.8 Å². The van der Waals surface area contributed by atoms with E-state index in [0.717, 1.165) is 12.8 Å². The smallest absolute Gasteiger partial charge is 0.221 e. The van der Waals surface area contributed by atoms with E-state index in [0.29, 0.717) is 31.9 Å². The number of carbonyl (C=O) groups is 1. The molecule has 1 aliphatic carbocycles. The maximum Gasteiger partial charge on any atom is 0.221 e. The first-order chi connectivity index (χ1) is 8.93. The highest BCUT2D eigenvalue weighted by Gasteiger charge is 2.18. The van der Waals surface area contributed by atoms with Crippen LogP contribution < -0.4 is 5.32 Å². The fraction of sp³-hybridized carbons (Fsp3) is 0.929. The minimum Gasteiger partial charge on any atom is -0.353 e. The topological polar surface area (TPSA) is 41.6 Å². The van der Waals surface area contributed by atoms with E-state index in [2.05, 4.69) is 19.2 Å². The number of carbonyl (C=O) groups excluding carboxylic acids is 1. The summed E-state index contributed by atoms with van der Waals surface area (Å²) in [5.74, 6) is 0.125. The van der Waals surface area contributed by atoms with Crippen molar-refractivity contribution in [3.8, 4) is 0 Å². The third kappa shape index (κ3) is 6.97. The van der Waals surface area contributed by atoms with Gasteiger partial charge in [0.05, 0.1) is 14.5 Å². The van der Waals surface area contributed by atoms with E-state index in [1.165, 1.54) is 12.8 Å². The Morgan fingerprint density at radius 2 is 2.05 bits per heavy atom. The van der Waals surface area contributed by atoms with Crippen LogP contribution in [0.4, 0.5) is 0 Å². The summed E-state index contributed by atoms with van der Waals surface area (Å²) in [4.78, 5) is 17.3. The van der Waals surface area contributed by atoms with Crippen LogP contribution in [0.5, 0.6) is 0 Å². The molecule has 0 aromatic rings. The lowest BCUT2D eigenvalue weighted by Crippen LogP contribution is -2.35. The summed E-state index contributed by atoms with van der Waals surface area (Å²) in [5, 5.41) is 4.80. The molecule has 0 heterocycles. The molecule has 1 fully saturated rings. The monoisotopic (exact) mass is 266 g/mol. The van der Waals surface area contributed by atoms with Crippen LogP contribution >= 0.6 is 0 Å². The lowest BCUT2D eigenvalue weighted by atomic mass is 9.80. The summed E-state index contributed by atoms with van der Waals surface area (Å²) in [5.41, 5.74) is -0.0274. The van der Waals surface area contributed by atoms with Crippen molar-refractivity contribution < 1.29 is 9.63 Å². The van der Waals surface area contributed by atoms with Crippen molar-refractivity contribution in [3.05, 3.63) is 0 Å². The van der Waals surface area contributed by atoms with Gasteiger partial charge in [0, 0.05) is 26.1 Å². The molecule has 1 amide bonds. The van der Waals surface area contributed by atoms with Gasteiger partial charge in [-0.1, -0.05) is 33.0 Å². The summed E-state index contributed by atoms with van der Waals surface area (Å²) in [6.07, 6.45) is 5.80. The van der Waals surface area contributed by atoms with Gasteiger partial charge in [0.25, 0.3) is 0 Å². The fourth-order valence-electron chi connectivity index (χ4n) is 2.04. The molecule has 0 atom stereocenters. The Balaban J connectivity index is 2.11. The zero-order valence-electron chi connectivity index (χ0n) is 12.6. The summed E-state index contributed by atoms with van der Waals surface area (Å²) in [6, 6.07) is 0.398. The SMILES string of the molecule is [B]CC(C)(C)CON(C)CCC(=O)NC1CCCC1. The standard InChI is InChI=1S/C14H27BN2O2/c1-14(2,10-15)11-19-17(3)9-8-13(18)16-12-6-4-5-7-12/h12H,4-11H2,1-3H3,(H,16,18). The predicted molar refractivity (Wildman–Crippen MR) is 77.9 cm³/mol. The van der Waals surface area contributed by atoms with Crippen molar-refractivity contribution in [2.24, 2.45) is 5.41 Å². The molecule has 0 aromatic heterocycles. The summed E-state index contributed by atoms with van der Waals surface area (Å²) in [6.45, 7) is 5.31. The number of amides is 1. The lowest BCUT2D eigenvalue weighted by Gasteiger charge is -2.26. The van der Waals surface area contributed by atoms with Crippen LogP contribution in [-0.4, -0.2) is 45.1 Å². The normalized spacial score (nSPS) is 17.1. The molecule has 19 heavy (non-hydrogen) atoms. The van der Waals surface area contributed by atoms with Gasteiger partial charge in [-0.15, -0.1) is 0 Å². The molecule has 0 aromatic carbocycles.